The Bertz CT molecular complexity index is 340. The lowest BCUT2D eigenvalue weighted by atomic mass is 9.97. The van der Waals surface area contributed by atoms with Crippen LogP contribution in [0.2, 0.25) is 0 Å². The monoisotopic (exact) mass is 259 g/mol. The van der Waals surface area contributed by atoms with E-state index in [9.17, 15) is 4.39 Å². The highest BCUT2D eigenvalue weighted by molar-refractivity contribution is 5.85. The molecule has 1 fully saturated rings. The predicted molar refractivity (Wildman–Crippen MR) is 68.5 cm³/mol. The molecule has 0 saturated carbocycles. The van der Waals surface area contributed by atoms with Crippen molar-refractivity contribution < 1.29 is 4.39 Å². The summed E-state index contributed by atoms with van der Waals surface area (Å²) in [5, 5.41) is 0. The first-order chi connectivity index (χ1) is 7.78. The molecule has 0 amide bonds. The van der Waals surface area contributed by atoms with Crippen molar-refractivity contribution in [3.05, 3.63) is 29.8 Å². The molecule has 96 valence electrons. The summed E-state index contributed by atoms with van der Waals surface area (Å²) in [4.78, 5) is 6.20. The van der Waals surface area contributed by atoms with E-state index in [1.165, 1.54) is 6.20 Å². The van der Waals surface area contributed by atoms with E-state index in [1.807, 2.05) is 0 Å². The number of pyridine rings is 1. The van der Waals surface area contributed by atoms with Crippen molar-refractivity contribution in [2.24, 2.45) is 11.7 Å². The van der Waals surface area contributed by atoms with Gasteiger partial charge in [0.25, 0.3) is 0 Å². The van der Waals surface area contributed by atoms with E-state index in [-0.39, 0.29) is 18.2 Å². The third-order valence-corrected chi connectivity index (χ3v) is 3.21. The van der Waals surface area contributed by atoms with E-state index in [2.05, 4.69) is 9.88 Å². The molecule has 0 atom stereocenters. The first-order valence-electron chi connectivity index (χ1n) is 5.80. The van der Waals surface area contributed by atoms with Gasteiger partial charge in [0.15, 0.2) is 0 Å². The van der Waals surface area contributed by atoms with Crippen LogP contribution in [0.15, 0.2) is 18.5 Å². The first kappa shape index (κ1) is 14.4. The van der Waals surface area contributed by atoms with Crippen LogP contribution < -0.4 is 5.73 Å². The molecule has 1 aliphatic heterocycles. The van der Waals surface area contributed by atoms with Crippen molar-refractivity contribution >= 4 is 12.4 Å². The normalized spacial score (nSPS) is 17.8. The fourth-order valence-electron chi connectivity index (χ4n) is 2.18. The average Bonchev–Trinajstić information content (AvgIpc) is 2.30. The van der Waals surface area contributed by atoms with Gasteiger partial charge in [0.05, 0.1) is 6.20 Å². The van der Waals surface area contributed by atoms with Gasteiger partial charge in [-0.05, 0) is 50.0 Å². The van der Waals surface area contributed by atoms with E-state index >= 15 is 0 Å². The maximum atomic E-state index is 12.9. The Balaban J connectivity index is 0.00000144. The molecule has 1 aromatic rings. The minimum absolute atomic E-state index is 0. The van der Waals surface area contributed by atoms with Crippen LogP contribution in [0, 0.1) is 11.7 Å². The van der Waals surface area contributed by atoms with Gasteiger partial charge >= 0.3 is 0 Å². The van der Waals surface area contributed by atoms with Gasteiger partial charge in [-0.25, -0.2) is 4.39 Å². The molecule has 0 bridgehead atoms. The molecule has 0 unspecified atom stereocenters. The van der Waals surface area contributed by atoms with Crippen molar-refractivity contribution in [2.45, 2.75) is 19.4 Å². The van der Waals surface area contributed by atoms with Gasteiger partial charge in [-0.1, -0.05) is 0 Å². The van der Waals surface area contributed by atoms with Crippen LogP contribution in [0.1, 0.15) is 18.4 Å². The molecule has 0 radical (unpaired) electrons. The lowest BCUT2D eigenvalue weighted by Crippen LogP contribution is -2.35. The Labute approximate surface area is 108 Å². The van der Waals surface area contributed by atoms with E-state index in [4.69, 9.17) is 5.73 Å². The van der Waals surface area contributed by atoms with Crippen LogP contribution in [-0.2, 0) is 6.54 Å². The van der Waals surface area contributed by atoms with Crippen molar-refractivity contribution in [1.82, 2.24) is 9.88 Å². The average molecular weight is 260 g/mol. The molecular formula is C12H19ClFN3. The molecule has 5 heteroatoms. The van der Waals surface area contributed by atoms with Gasteiger partial charge in [0, 0.05) is 12.7 Å². The van der Waals surface area contributed by atoms with Crippen LogP contribution in [0.25, 0.3) is 0 Å². The van der Waals surface area contributed by atoms with Gasteiger partial charge < -0.3 is 5.73 Å². The Kier molecular flexibility index (Phi) is 5.82. The summed E-state index contributed by atoms with van der Waals surface area (Å²) in [6.45, 7) is 3.69. The van der Waals surface area contributed by atoms with Crippen LogP contribution >= 0.6 is 12.4 Å². The molecule has 2 rings (SSSR count). The third-order valence-electron chi connectivity index (χ3n) is 3.21. The van der Waals surface area contributed by atoms with Gasteiger partial charge in [-0.2, -0.15) is 0 Å². The molecular weight excluding hydrogens is 241 g/mol. The lowest BCUT2D eigenvalue weighted by Gasteiger charge is -2.31. The molecule has 1 aromatic heterocycles. The molecule has 0 spiro atoms. The second-order valence-electron chi connectivity index (χ2n) is 4.47. The van der Waals surface area contributed by atoms with Gasteiger partial charge in [-0.15, -0.1) is 12.4 Å². The fourth-order valence-corrected chi connectivity index (χ4v) is 2.18. The van der Waals surface area contributed by atoms with E-state index in [0.717, 1.165) is 44.6 Å². The second-order valence-corrected chi connectivity index (χ2v) is 4.47. The fraction of sp³-hybridized carbons (Fsp3) is 0.583. The number of aromatic nitrogens is 1. The molecule has 0 aromatic carbocycles. The van der Waals surface area contributed by atoms with Crippen LogP contribution in [0.3, 0.4) is 0 Å². The number of nitrogens with two attached hydrogens (primary N) is 1. The molecule has 2 heterocycles. The van der Waals surface area contributed by atoms with Crippen molar-refractivity contribution in [3.8, 4) is 0 Å². The SMILES string of the molecule is Cl.NCC1CCN(Cc2cncc(F)c2)CC1. The number of rotatable bonds is 3. The Hall–Kier alpha value is -0.710. The highest BCUT2D eigenvalue weighted by Crippen LogP contribution is 2.17. The highest BCUT2D eigenvalue weighted by Gasteiger charge is 2.17. The molecule has 1 aliphatic rings. The molecule has 3 nitrogen and oxygen atoms in total. The van der Waals surface area contributed by atoms with Crippen molar-refractivity contribution in [1.29, 1.82) is 0 Å². The minimum Gasteiger partial charge on any atom is -0.330 e. The minimum atomic E-state index is -0.255. The second kappa shape index (κ2) is 6.89. The smallest absolute Gasteiger partial charge is 0.141 e. The van der Waals surface area contributed by atoms with Crippen LogP contribution in [0.4, 0.5) is 4.39 Å². The Morgan fingerprint density at radius 3 is 2.65 bits per heavy atom. The summed E-state index contributed by atoms with van der Waals surface area (Å²) in [5.41, 5.74) is 6.59. The summed E-state index contributed by atoms with van der Waals surface area (Å²) >= 11 is 0. The van der Waals surface area contributed by atoms with Crippen molar-refractivity contribution in [3.63, 3.8) is 0 Å². The summed E-state index contributed by atoms with van der Waals surface area (Å²) < 4.78 is 12.9. The standard InChI is InChI=1S/C12H18FN3.ClH/c13-12-5-11(7-15-8-12)9-16-3-1-10(6-14)2-4-16;/h5,7-8,10H,1-4,6,9,14H2;1H. The van der Waals surface area contributed by atoms with Crippen LogP contribution in [-0.4, -0.2) is 29.5 Å². The van der Waals surface area contributed by atoms with E-state index < -0.39 is 0 Å². The van der Waals surface area contributed by atoms with E-state index in [1.54, 1.807) is 12.3 Å². The van der Waals surface area contributed by atoms with Gasteiger partial charge in [-0.3, -0.25) is 9.88 Å². The maximum absolute atomic E-state index is 12.9. The predicted octanol–water partition coefficient (Wildman–Crippen LogP) is 1.81. The van der Waals surface area contributed by atoms with E-state index in [0.29, 0.717) is 5.92 Å². The maximum Gasteiger partial charge on any atom is 0.141 e. The number of nitrogens with zero attached hydrogens (tertiary/aromatic N) is 2. The Morgan fingerprint density at radius 1 is 1.35 bits per heavy atom. The van der Waals surface area contributed by atoms with Crippen molar-refractivity contribution in [2.75, 3.05) is 19.6 Å². The zero-order valence-electron chi connectivity index (χ0n) is 9.81. The first-order valence-corrected chi connectivity index (χ1v) is 5.80. The lowest BCUT2D eigenvalue weighted by molar-refractivity contribution is 0.180. The number of piperidine rings is 1. The third kappa shape index (κ3) is 4.22. The van der Waals surface area contributed by atoms with Gasteiger partial charge in [0.1, 0.15) is 5.82 Å². The molecule has 17 heavy (non-hydrogen) atoms. The summed E-state index contributed by atoms with van der Waals surface area (Å²) in [7, 11) is 0. The highest BCUT2D eigenvalue weighted by atomic mass is 35.5. The van der Waals surface area contributed by atoms with Crippen LogP contribution in [0.5, 0.6) is 0 Å². The number of hydrogen-bond donors (Lipinski definition) is 1. The molecule has 0 aliphatic carbocycles. The number of likely N-dealkylation sites (tertiary alicyclic amines) is 1. The summed E-state index contributed by atoms with van der Waals surface area (Å²) in [6, 6.07) is 1.56. The Morgan fingerprint density at radius 2 is 2.06 bits per heavy atom. The molecule has 1 saturated heterocycles. The summed E-state index contributed by atoms with van der Waals surface area (Å²) in [5.74, 6) is 0.413. The number of halogens is 2. The van der Waals surface area contributed by atoms with Gasteiger partial charge in [0.2, 0.25) is 0 Å². The largest absolute Gasteiger partial charge is 0.330 e. The topological polar surface area (TPSA) is 42.1 Å². The zero-order valence-corrected chi connectivity index (χ0v) is 10.6. The summed E-state index contributed by atoms with van der Waals surface area (Å²) in [6.07, 6.45) is 5.28. The quantitative estimate of drug-likeness (QED) is 0.900. The zero-order chi connectivity index (χ0) is 11.4. The molecule has 2 N–H and O–H groups in total. The number of hydrogen-bond acceptors (Lipinski definition) is 3.